The average Bonchev–Trinajstić information content (AvgIpc) is 3.35. The molecule has 422 valence electrons. The van der Waals surface area contributed by atoms with Crippen molar-refractivity contribution in [3.05, 3.63) is 97.2 Å². The first-order valence-corrected chi connectivity index (χ1v) is 31.6. The summed E-state index contributed by atoms with van der Waals surface area (Å²) in [7, 11) is 1.55. The monoisotopic (exact) mass is 1040 g/mol. The van der Waals surface area contributed by atoms with Crippen molar-refractivity contribution in [2.75, 3.05) is 40.9 Å². The molecule has 9 heteroatoms. The van der Waals surface area contributed by atoms with Crippen molar-refractivity contribution in [1.29, 1.82) is 0 Å². The fourth-order valence-corrected chi connectivity index (χ4v) is 9.09. The van der Waals surface area contributed by atoms with Crippen LogP contribution in [0.4, 0.5) is 0 Å². The van der Waals surface area contributed by atoms with Crippen molar-refractivity contribution < 1.29 is 32.9 Å². The molecule has 8 nitrogen and oxygen atoms in total. The van der Waals surface area contributed by atoms with E-state index in [0.29, 0.717) is 17.4 Å². The minimum absolute atomic E-state index is 0.0521. The smallest absolute Gasteiger partial charge is 0.387 e. The Morgan fingerprint density at radius 2 is 0.836 bits per heavy atom. The van der Waals surface area contributed by atoms with Crippen LogP contribution in [0.25, 0.3) is 0 Å². The van der Waals surface area contributed by atoms with Gasteiger partial charge < -0.3 is 19.8 Å². The topological polar surface area (TPSA) is 105 Å². The maximum absolute atomic E-state index is 13.0. The quantitative estimate of drug-likeness (QED) is 0.0243. The van der Waals surface area contributed by atoms with E-state index in [-0.39, 0.29) is 19.1 Å². The molecule has 0 bridgehead atoms. The van der Waals surface area contributed by atoms with Crippen LogP contribution in [0, 0.1) is 0 Å². The number of aliphatic hydroxyl groups is 1. The number of carbonyl (C=O) groups is 1. The summed E-state index contributed by atoms with van der Waals surface area (Å²) in [6.07, 6.45) is 78.0. The lowest BCUT2D eigenvalue weighted by atomic mass is 10.0. The highest BCUT2D eigenvalue weighted by Crippen LogP contribution is 2.43. The zero-order valence-electron chi connectivity index (χ0n) is 48.1. The van der Waals surface area contributed by atoms with Gasteiger partial charge in [0.2, 0.25) is 5.91 Å². The Bertz CT molecular complexity index is 1510. The minimum atomic E-state index is -4.36. The van der Waals surface area contributed by atoms with Crippen LogP contribution in [-0.4, -0.2) is 73.4 Å². The van der Waals surface area contributed by atoms with Gasteiger partial charge in [-0.25, -0.2) is 4.57 Å². The van der Waals surface area contributed by atoms with Gasteiger partial charge in [-0.1, -0.05) is 259 Å². The number of carbonyl (C=O) groups excluding carboxylic acids is 1. The number of likely N-dealkylation sites (N-methyl/N-ethyl adjacent to an activating group) is 1. The number of unbranched alkanes of at least 4 members (excludes halogenated alkanes) is 27. The van der Waals surface area contributed by atoms with Crippen LogP contribution in [0.15, 0.2) is 97.2 Å². The molecule has 0 rings (SSSR count). The summed E-state index contributed by atoms with van der Waals surface area (Å²) in [6, 6.07) is -0.871. The van der Waals surface area contributed by atoms with E-state index in [0.717, 1.165) is 77.0 Å². The van der Waals surface area contributed by atoms with Crippen molar-refractivity contribution in [2.45, 2.75) is 264 Å². The lowest BCUT2D eigenvalue weighted by molar-refractivity contribution is -0.870. The molecule has 0 heterocycles. The molecular weight excluding hydrogens is 924 g/mol. The van der Waals surface area contributed by atoms with Gasteiger partial charge in [0, 0.05) is 6.42 Å². The molecule has 0 aliphatic carbocycles. The molecule has 0 radical (unpaired) electrons. The molecule has 0 aromatic heterocycles. The second-order valence-electron chi connectivity index (χ2n) is 21.3. The van der Waals surface area contributed by atoms with E-state index in [4.69, 9.17) is 9.05 Å². The molecule has 0 saturated heterocycles. The van der Waals surface area contributed by atoms with Gasteiger partial charge in [0.15, 0.2) is 0 Å². The third-order valence-electron chi connectivity index (χ3n) is 13.0. The molecule has 3 N–H and O–H groups in total. The second kappa shape index (κ2) is 54.2. The Hall–Kier alpha value is -2.58. The van der Waals surface area contributed by atoms with Crippen molar-refractivity contribution >= 4 is 13.7 Å². The maximum atomic E-state index is 13.0. The number of nitrogens with one attached hydrogen (secondary N) is 1. The first-order chi connectivity index (χ1) is 35.5. The predicted molar refractivity (Wildman–Crippen MR) is 318 cm³/mol. The third kappa shape index (κ3) is 57.0. The number of hydrogen-bond acceptors (Lipinski definition) is 5. The molecule has 0 fully saturated rings. The number of nitrogens with zero attached hydrogens (tertiary/aromatic N) is 1. The molecule has 0 aliphatic heterocycles. The van der Waals surface area contributed by atoms with E-state index in [1.807, 2.05) is 27.2 Å². The summed E-state index contributed by atoms with van der Waals surface area (Å²) in [4.78, 5) is 23.3. The van der Waals surface area contributed by atoms with Crippen molar-refractivity contribution in [3.63, 3.8) is 0 Å². The molecule has 3 unspecified atom stereocenters. The van der Waals surface area contributed by atoms with Crippen molar-refractivity contribution in [2.24, 2.45) is 0 Å². The zero-order chi connectivity index (χ0) is 53.5. The number of hydrogen-bond donors (Lipinski definition) is 3. The summed E-state index contributed by atoms with van der Waals surface area (Å²) in [5.41, 5.74) is 0. The highest BCUT2D eigenvalue weighted by molar-refractivity contribution is 7.47. The van der Waals surface area contributed by atoms with Crippen LogP contribution in [0.3, 0.4) is 0 Å². The fourth-order valence-electron chi connectivity index (χ4n) is 8.36. The number of amides is 1. The van der Waals surface area contributed by atoms with Gasteiger partial charge in [0.05, 0.1) is 39.9 Å². The molecular formula is C64H116N2O6P+. The summed E-state index contributed by atoms with van der Waals surface area (Å²) >= 11 is 0. The number of aliphatic hydroxyl groups excluding tert-OH is 1. The number of phosphoric ester groups is 1. The number of phosphoric acid groups is 1. The highest BCUT2D eigenvalue weighted by atomic mass is 31.2. The molecule has 1 amide bonds. The molecule has 73 heavy (non-hydrogen) atoms. The van der Waals surface area contributed by atoms with Crippen LogP contribution in [0.2, 0.25) is 0 Å². The van der Waals surface area contributed by atoms with E-state index < -0.39 is 20.0 Å². The Labute approximate surface area is 451 Å². The van der Waals surface area contributed by atoms with Gasteiger partial charge in [-0.15, -0.1) is 0 Å². The first-order valence-electron chi connectivity index (χ1n) is 30.1. The Kier molecular flexibility index (Phi) is 52.3. The Morgan fingerprint density at radius 3 is 1.26 bits per heavy atom. The van der Waals surface area contributed by atoms with Crippen LogP contribution < -0.4 is 5.32 Å². The van der Waals surface area contributed by atoms with Crippen molar-refractivity contribution in [3.8, 4) is 0 Å². The SMILES string of the molecule is CC/C=C\C/C=C\C/C=C\C/C=C\C/C=C\C/C=C\CCCCCCCCCCCCCCC(=O)NC(COP(=O)(O)OCC[N+](C)(C)C)C(O)/C=C/CC/C=C/CCCCCCCCCCCCCCCC. The minimum Gasteiger partial charge on any atom is -0.387 e. The maximum Gasteiger partial charge on any atom is 0.472 e. The third-order valence-corrected chi connectivity index (χ3v) is 14.0. The van der Waals surface area contributed by atoms with Gasteiger partial charge in [0.1, 0.15) is 13.2 Å². The lowest BCUT2D eigenvalue weighted by Gasteiger charge is -2.25. The summed E-state index contributed by atoms with van der Waals surface area (Å²) in [6.45, 7) is 4.69. The molecule has 0 aromatic carbocycles. The van der Waals surface area contributed by atoms with Crippen LogP contribution in [-0.2, 0) is 18.4 Å². The van der Waals surface area contributed by atoms with E-state index in [1.165, 1.54) is 154 Å². The average molecular weight is 1040 g/mol. The fraction of sp³-hybridized carbons (Fsp3) is 0.734. The Balaban J connectivity index is 4.21. The zero-order valence-corrected chi connectivity index (χ0v) is 49.0. The van der Waals surface area contributed by atoms with E-state index >= 15 is 0 Å². The van der Waals surface area contributed by atoms with Crippen LogP contribution in [0.1, 0.15) is 251 Å². The van der Waals surface area contributed by atoms with Gasteiger partial charge in [-0.2, -0.15) is 0 Å². The van der Waals surface area contributed by atoms with Gasteiger partial charge in [-0.05, 0) is 83.5 Å². The largest absolute Gasteiger partial charge is 0.472 e. The molecule has 0 aliphatic rings. The molecule has 3 atom stereocenters. The lowest BCUT2D eigenvalue weighted by Crippen LogP contribution is -2.45. The number of quaternary nitrogens is 1. The molecule has 0 aromatic rings. The number of rotatable bonds is 54. The van der Waals surface area contributed by atoms with Crippen molar-refractivity contribution in [1.82, 2.24) is 5.32 Å². The predicted octanol–water partition coefficient (Wildman–Crippen LogP) is 18.6. The summed E-state index contributed by atoms with van der Waals surface area (Å²) in [5, 5.41) is 13.9. The second-order valence-corrected chi connectivity index (χ2v) is 22.8. The van der Waals surface area contributed by atoms with Gasteiger partial charge in [-0.3, -0.25) is 13.8 Å². The molecule has 0 spiro atoms. The summed E-state index contributed by atoms with van der Waals surface area (Å²) in [5.74, 6) is -0.191. The van der Waals surface area contributed by atoms with Crippen LogP contribution in [0.5, 0.6) is 0 Å². The first kappa shape index (κ1) is 70.4. The van der Waals surface area contributed by atoms with Gasteiger partial charge >= 0.3 is 7.82 Å². The summed E-state index contributed by atoms with van der Waals surface area (Å²) < 4.78 is 23.7. The van der Waals surface area contributed by atoms with E-state index in [1.54, 1.807) is 6.08 Å². The molecule has 0 saturated carbocycles. The van der Waals surface area contributed by atoms with Gasteiger partial charge in [0.25, 0.3) is 0 Å². The standard InChI is InChI=1S/C64H115N2O6P/c1-6-8-10-12-14-16-18-20-22-24-26-28-29-30-31-32-33-34-35-36-37-38-40-42-44-46-48-50-52-54-56-58-64(68)65-62(61-72-73(69,70)71-60-59-66(3,4)5)63(67)57-55-53-51-49-47-45-43-41-39-27-25-23-21-19-17-15-13-11-9-7-2/h8,10,14,16,20,22,26,28,30-31,33-34,47,49,55,57,62-63,67H,6-7,9,11-13,15,17-19,21,23-25,27,29,32,35-46,48,50-54,56,58-61H2,1-5H3,(H-,65,68,69,70)/p+1/b10-8-,16-14-,22-20-,28-26-,31-30-,34-33-,49-47+,57-55+. The van der Waals surface area contributed by atoms with E-state index in [9.17, 15) is 19.4 Å². The van der Waals surface area contributed by atoms with Crippen LogP contribution >= 0.6 is 7.82 Å². The normalized spacial score (nSPS) is 14.6. The Morgan fingerprint density at radius 1 is 0.479 bits per heavy atom. The number of allylic oxidation sites excluding steroid dienone is 15. The van der Waals surface area contributed by atoms with E-state index in [2.05, 4.69) is 104 Å². The highest BCUT2D eigenvalue weighted by Gasteiger charge is 2.27.